The van der Waals surface area contributed by atoms with Crippen LogP contribution in [-0.2, 0) is 31.4 Å². The SMILES string of the molecule is CCc1ccccc1N(CC(=O)NCC1(c2ccccc2)CCOCC1)S(=O)(=O)c1ccc(C)cc1. The highest BCUT2D eigenvalue weighted by atomic mass is 32.2. The first-order chi connectivity index (χ1) is 17.4. The molecule has 0 spiro atoms. The lowest BCUT2D eigenvalue weighted by molar-refractivity contribution is -0.120. The number of para-hydroxylation sites is 1. The molecule has 0 radical (unpaired) electrons. The summed E-state index contributed by atoms with van der Waals surface area (Å²) < 4.78 is 34.4. The summed E-state index contributed by atoms with van der Waals surface area (Å²) in [6.07, 6.45) is 2.23. The van der Waals surface area contributed by atoms with Crippen LogP contribution in [0.4, 0.5) is 5.69 Å². The average molecular weight is 507 g/mol. The molecule has 3 aromatic carbocycles. The van der Waals surface area contributed by atoms with Crippen LogP contribution in [0.5, 0.6) is 0 Å². The lowest BCUT2D eigenvalue weighted by Crippen LogP contribution is -2.48. The van der Waals surface area contributed by atoms with Crippen LogP contribution >= 0.6 is 0 Å². The van der Waals surface area contributed by atoms with E-state index in [1.165, 1.54) is 4.31 Å². The Balaban J connectivity index is 1.61. The second-order valence-electron chi connectivity index (χ2n) is 9.34. The normalized spacial score (nSPS) is 15.3. The third-order valence-corrected chi connectivity index (χ3v) is 8.77. The van der Waals surface area contributed by atoms with Crippen molar-refractivity contribution in [2.75, 3.05) is 30.6 Å². The van der Waals surface area contributed by atoms with Gasteiger partial charge in [0, 0.05) is 25.2 Å². The van der Waals surface area contributed by atoms with Gasteiger partial charge >= 0.3 is 0 Å². The Morgan fingerprint density at radius 1 is 0.944 bits per heavy atom. The van der Waals surface area contributed by atoms with Crippen LogP contribution in [0.3, 0.4) is 0 Å². The van der Waals surface area contributed by atoms with Crippen molar-refractivity contribution in [2.45, 2.75) is 43.4 Å². The van der Waals surface area contributed by atoms with E-state index in [1.54, 1.807) is 36.4 Å². The Bertz CT molecular complexity index is 1270. The number of hydrogen-bond donors (Lipinski definition) is 1. The van der Waals surface area contributed by atoms with Gasteiger partial charge in [0.1, 0.15) is 6.54 Å². The first kappa shape index (κ1) is 25.9. The van der Waals surface area contributed by atoms with Crippen molar-refractivity contribution < 1.29 is 17.9 Å². The molecule has 1 fully saturated rings. The lowest BCUT2D eigenvalue weighted by Gasteiger charge is -2.38. The quantitative estimate of drug-likeness (QED) is 0.460. The third kappa shape index (κ3) is 5.63. The molecule has 0 atom stereocenters. The summed E-state index contributed by atoms with van der Waals surface area (Å²) in [4.78, 5) is 13.5. The maximum atomic E-state index is 13.8. The zero-order valence-electron chi connectivity index (χ0n) is 20.9. The van der Waals surface area contributed by atoms with Crippen LogP contribution < -0.4 is 9.62 Å². The second kappa shape index (κ2) is 11.3. The first-order valence-electron chi connectivity index (χ1n) is 12.4. The van der Waals surface area contributed by atoms with Gasteiger partial charge in [-0.3, -0.25) is 9.10 Å². The number of carbonyl (C=O) groups is 1. The van der Waals surface area contributed by atoms with Gasteiger partial charge in [-0.2, -0.15) is 0 Å². The highest BCUT2D eigenvalue weighted by molar-refractivity contribution is 7.92. The van der Waals surface area contributed by atoms with Crippen LogP contribution in [0.15, 0.2) is 83.8 Å². The molecule has 6 nitrogen and oxygen atoms in total. The second-order valence-corrected chi connectivity index (χ2v) is 11.2. The molecule has 0 unspecified atom stereocenters. The summed E-state index contributed by atoms with van der Waals surface area (Å²) in [5.41, 5.74) is 3.28. The zero-order valence-corrected chi connectivity index (χ0v) is 21.8. The van der Waals surface area contributed by atoms with Crippen molar-refractivity contribution in [3.8, 4) is 0 Å². The van der Waals surface area contributed by atoms with Crippen molar-refractivity contribution >= 4 is 21.6 Å². The fourth-order valence-corrected chi connectivity index (χ4v) is 6.22. The maximum absolute atomic E-state index is 13.8. The number of rotatable bonds is 9. The molecule has 190 valence electrons. The van der Waals surface area contributed by atoms with Crippen LogP contribution in [0.25, 0.3) is 0 Å². The molecular formula is C29H34N2O4S. The van der Waals surface area contributed by atoms with Crippen molar-refractivity contribution in [1.82, 2.24) is 5.32 Å². The summed E-state index contributed by atoms with van der Waals surface area (Å²) in [6.45, 7) is 5.27. The number of carbonyl (C=O) groups excluding carboxylic acids is 1. The Morgan fingerprint density at radius 2 is 1.58 bits per heavy atom. The number of hydrogen-bond acceptors (Lipinski definition) is 4. The molecule has 36 heavy (non-hydrogen) atoms. The number of nitrogens with zero attached hydrogens (tertiary/aromatic N) is 1. The van der Waals surface area contributed by atoms with E-state index in [0.717, 1.165) is 29.5 Å². The monoisotopic (exact) mass is 506 g/mol. The Morgan fingerprint density at radius 3 is 2.25 bits per heavy atom. The summed E-state index contributed by atoms with van der Waals surface area (Å²) in [5, 5.41) is 3.06. The van der Waals surface area contributed by atoms with Crippen LogP contribution in [0.2, 0.25) is 0 Å². The minimum absolute atomic E-state index is 0.164. The standard InChI is InChI=1S/C29H34N2O4S/c1-3-24-9-7-8-12-27(24)31(36(33,34)26-15-13-23(2)14-16-26)21-28(32)30-22-29(17-19-35-20-18-29)25-10-5-4-6-11-25/h4-16H,3,17-22H2,1-2H3,(H,30,32). The molecule has 0 aliphatic carbocycles. The Hall–Kier alpha value is -3.16. The van der Waals surface area contributed by atoms with Crippen molar-refractivity contribution in [1.29, 1.82) is 0 Å². The van der Waals surface area contributed by atoms with E-state index in [1.807, 2.05) is 44.2 Å². The molecule has 0 aromatic heterocycles. The van der Waals surface area contributed by atoms with E-state index in [0.29, 0.717) is 31.9 Å². The van der Waals surface area contributed by atoms with Crippen molar-refractivity contribution in [3.63, 3.8) is 0 Å². The van der Waals surface area contributed by atoms with E-state index in [2.05, 4.69) is 17.4 Å². The van der Waals surface area contributed by atoms with Gasteiger partial charge in [-0.1, -0.05) is 73.2 Å². The van der Waals surface area contributed by atoms with Crippen LogP contribution in [0, 0.1) is 6.92 Å². The smallest absolute Gasteiger partial charge is 0.264 e. The summed E-state index contributed by atoms with van der Waals surface area (Å²) in [6, 6.07) is 24.2. The van der Waals surface area contributed by atoms with Gasteiger partial charge < -0.3 is 10.1 Å². The van der Waals surface area contributed by atoms with Crippen molar-refractivity contribution in [2.24, 2.45) is 0 Å². The van der Waals surface area contributed by atoms with Crippen LogP contribution in [-0.4, -0.2) is 40.6 Å². The largest absolute Gasteiger partial charge is 0.381 e. The molecule has 1 heterocycles. The predicted molar refractivity (Wildman–Crippen MR) is 143 cm³/mol. The summed E-state index contributed by atoms with van der Waals surface area (Å²) >= 11 is 0. The van der Waals surface area contributed by atoms with E-state index >= 15 is 0 Å². The van der Waals surface area contributed by atoms with E-state index in [-0.39, 0.29) is 22.8 Å². The number of aryl methyl sites for hydroxylation is 2. The summed E-state index contributed by atoms with van der Waals surface area (Å²) in [5.74, 6) is -0.335. The number of ether oxygens (including phenoxy) is 1. The maximum Gasteiger partial charge on any atom is 0.264 e. The van der Waals surface area contributed by atoms with Crippen molar-refractivity contribution in [3.05, 3.63) is 95.6 Å². The molecule has 4 rings (SSSR count). The van der Waals surface area contributed by atoms with Gasteiger partial charge in [0.25, 0.3) is 10.0 Å². The number of sulfonamides is 1. The van der Waals surface area contributed by atoms with Gasteiger partial charge in [-0.25, -0.2) is 8.42 Å². The Labute approximate surface area is 214 Å². The molecule has 1 saturated heterocycles. The highest BCUT2D eigenvalue weighted by Crippen LogP contribution is 2.34. The molecule has 7 heteroatoms. The fraction of sp³-hybridized carbons (Fsp3) is 0.345. The minimum atomic E-state index is -3.96. The molecule has 1 aliphatic rings. The molecular weight excluding hydrogens is 472 g/mol. The number of nitrogens with one attached hydrogen (secondary N) is 1. The van der Waals surface area contributed by atoms with Gasteiger partial charge in [0.2, 0.25) is 5.91 Å². The molecule has 3 aromatic rings. The van der Waals surface area contributed by atoms with E-state index in [9.17, 15) is 13.2 Å². The van der Waals surface area contributed by atoms with E-state index in [4.69, 9.17) is 4.74 Å². The lowest BCUT2D eigenvalue weighted by atomic mass is 9.74. The molecule has 1 amide bonds. The highest BCUT2D eigenvalue weighted by Gasteiger charge is 2.35. The zero-order chi connectivity index (χ0) is 25.6. The molecule has 1 N–H and O–H groups in total. The number of anilines is 1. The minimum Gasteiger partial charge on any atom is -0.381 e. The first-order valence-corrected chi connectivity index (χ1v) is 13.9. The topological polar surface area (TPSA) is 75.7 Å². The molecule has 1 aliphatic heterocycles. The molecule has 0 bridgehead atoms. The van der Waals surface area contributed by atoms with Gasteiger partial charge in [0.05, 0.1) is 10.6 Å². The predicted octanol–water partition coefficient (Wildman–Crippen LogP) is 4.62. The number of benzene rings is 3. The van der Waals surface area contributed by atoms with Gasteiger partial charge in [0.15, 0.2) is 0 Å². The fourth-order valence-electron chi connectivity index (χ4n) is 4.77. The molecule has 0 saturated carbocycles. The average Bonchev–Trinajstić information content (AvgIpc) is 2.92. The van der Waals surface area contributed by atoms with Crippen LogP contribution in [0.1, 0.15) is 36.5 Å². The third-order valence-electron chi connectivity index (χ3n) is 7.00. The Kier molecular flexibility index (Phi) is 8.11. The van der Waals surface area contributed by atoms with Gasteiger partial charge in [-0.15, -0.1) is 0 Å². The summed E-state index contributed by atoms with van der Waals surface area (Å²) in [7, 11) is -3.96. The number of amides is 1. The van der Waals surface area contributed by atoms with E-state index < -0.39 is 10.0 Å². The van der Waals surface area contributed by atoms with Gasteiger partial charge in [-0.05, 0) is 55.5 Å².